The van der Waals surface area contributed by atoms with Gasteiger partial charge in [0.2, 0.25) is 21.8 Å². The highest BCUT2D eigenvalue weighted by atomic mass is 32.2. The third-order valence-electron chi connectivity index (χ3n) is 5.00. The summed E-state index contributed by atoms with van der Waals surface area (Å²) >= 11 is 0. The van der Waals surface area contributed by atoms with E-state index in [2.05, 4.69) is 14.9 Å². The highest BCUT2D eigenvalue weighted by Crippen LogP contribution is 2.20. The molecular formula is C20H32N4O4S. The fourth-order valence-electron chi connectivity index (χ4n) is 3.05. The maximum atomic E-state index is 12.1. The Morgan fingerprint density at radius 3 is 2.21 bits per heavy atom. The molecule has 0 spiro atoms. The zero-order valence-corrected chi connectivity index (χ0v) is 18.3. The quantitative estimate of drug-likeness (QED) is 0.589. The van der Waals surface area contributed by atoms with Gasteiger partial charge in [0.1, 0.15) is 0 Å². The van der Waals surface area contributed by atoms with Gasteiger partial charge in [-0.2, -0.15) is 0 Å². The van der Waals surface area contributed by atoms with Gasteiger partial charge in [-0.1, -0.05) is 0 Å². The molecule has 162 valence electrons. The molecule has 0 aromatic heterocycles. The number of piperazine rings is 1. The van der Waals surface area contributed by atoms with Crippen LogP contribution in [0.25, 0.3) is 0 Å². The molecule has 0 bridgehead atoms. The van der Waals surface area contributed by atoms with E-state index in [-0.39, 0.29) is 11.8 Å². The summed E-state index contributed by atoms with van der Waals surface area (Å²) < 4.78 is 25.8. The van der Waals surface area contributed by atoms with Crippen molar-refractivity contribution in [3.63, 3.8) is 0 Å². The summed E-state index contributed by atoms with van der Waals surface area (Å²) in [4.78, 5) is 27.5. The highest BCUT2D eigenvalue weighted by Gasteiger charge is 2.18. The van der Waals surface area contributed by atoms with Gasteiger partial charge in [0.25, 0.3) is 0 Å². The second kappa shape index (κ2) is 10.6. The van der Waals surface area contributed by atoms with Gasteiger partial charge >= 0.3 is 0 Å². The maximum absolute atomic E-state index is 12.1. The van der Waals surface area contributed by atoms with Gasteiger partial charge in [-0.15, -0.1) is 0 Å². The van der Waals surface area contributed by atoms with Crippen LogP contribution in [-0.4, -0.2) is 63.1 Å². The van der Waals surface area contributed by atoms with Crippen molar-refractivity contribution in [1.29, 1.82) is 0 Å². The van der Waals surface area contributed by atoms with Gasteiger partial charge in [-0.05, 0) is 51.0 Å². The van der Waals surface area contributed by atoms with Crippen molar-refractivity contribution in [3.8, 4) is 0 Å². The monoisotopic (exact) mass is 424 g/mol. The minimum atomic E-state index is -3.24. The van der Waals surface area contributed by atoms with Gasteiger partial charge in [-0.25, -0.2) is 13.1 Å². The molecule has 1 heterocycles. The summed E-state index contributed by atoms with van der Waals surface area (Å²) in [5, 5.41) is 2.42. The molecule has 1 aromatic carbocycles. The Balaban J connectivity index is 1.70. The van der Waals surface area contributed by atoms with Crippen LogP contribution >= 0.6 is 0 Å². The predicted octanol–water partition coefficient (Wildman–Crippen LogP) is 1.79. The van der Waals surface area contributed by atoms with E-state index in [1.165, 1.54) is 0 Å². The first-order chi connectivity index (χ1) is 13.7. The number of carbonyl (C=O) groups is 2. The summed E-state index contributed by atoms with van der Waals surface area (Å²) in [7, 11) is -3.24. The van der Waals surface area contributed by atoms with E-state index in [0.29, 0.717) is 25.8 Å². The fraction of sp³-hybridized carbons (Fsp3) is 0.600. The lowest BCUT2D eigenvalue weighted by atomic mass is 10.2. The minimum Gasteiger partial charge on any atom is -0.368 e. The van der Waals surface area contributed by atoms with Crippen molar-refractivity contribution >= 4 is 33.2 Å². The average Bonchev–Trinajstić information content (AvgIpc) is 2.68. The molecule has 29 heavy (non-hydrogen) atoms. The smallest absolute Gasteiger partial charge is 0.224 e. The molecule has 1 aromatic rings. The largest absolute Gasteiger partial charge is 0.368 e. The van der Waals surface area contributed by atoms with Crippen molar-refractivity contribution < 1.29 is 18.0 Å². The molecule has 0 saturated carbocycles. The number of benzene rings is 1. The van der Waals surface area contributed by atoms with Gasteiger partial charge in [0.15, 0.2) is 0 Å². The molecule has 2 amide bonds. The van der Waals surface area contributed by atoms with E-state index >= 15 is 0 Å². The fourth-order valence-corrected chi connectivity index (χ4v) is 3.81. The standard InChI is InChI=1S/C20H32N4O4S/c1-16(2)29(27,28)21-11-5-4-6-20(26)22-18-7-9-19(10-8-18)24-14-12-23(13-15-24)17(3)25/h7-10,16,21H,4-6,11-15H2,1-3H3,(H,22,26). The molecule has 1 saturated heterocycles. The van der Waals surface area contributed by atoms with Gasteiger partial charge in [0, 0.05) is 57.4 Å². The first-order valence-corrected chi connectivity index (χ1v) is 11.6. The number of anilines is 2. The van der Waals surface area contributed by atoms with Crippen LogP contribution in [0.15, 0.2) is 24.3 Å². The van der Waals surface area contributed by atoms with Crippen molar-refractivity contribution in [3.05, 3.63) is 24.3 Å². The molecular weight excluding hydrogens is 392 g/mol. The van der Waals surface area contributed by atoms with Crippen LogP contribution in [0, 0.1) is 0 Å². The summed E-state index contributed by atoms with van der Waals surface area (Å²) in [5.41, 5.74) is 1.81. The zero-order chi connectivity index (χ0) is 21.4. The van der Waals surface area contributed by atoms with E-state index < -0.39 is 15.3 Å². The average molecular weight is 425 g/mol. The first-order valence-electron chi connectivity index (χ1n) is 10.1. The lowest BCUT2D eigenvalue weighted by Crippen LogP contribution is -2.48. The van der Waals surface area contributed by atoms with Crippen LogP contribution in [0.5, 0.6) is 0 Å². The van der Waals surface area contributed by atoms with Crippen LogP contribution in [-0.2, 0) is 19.6 Å². The Labute approximate surface area is 173 Å². The van der Waals surface area contributed by atoms with E-state index in [4.69, 9.17) is 0 Å². The molecule has 2 N–H and O–H groups in total. The predicted molar refractivity (Wildman–Crippen MR) is 115 cm³/mol. The second-order valence-corrected chi connectivity index (χ2v) is 9.85. The number of hydrogen-bond acceptors (Lipinski definition) is 5. The summed E-state index contributed by atoms with van der Waals surface area (Å²) in [6.07, 6.45) is 1.58. The molecule has 0 atom stereocenters. The Morgan fingerprint density at radius 1 is 1.03 bits per heavy atom. The van der Waals surface area contributed by atoms with Gasteiger partial charge < -0.3 is 15.1 Å². The third-order valence-corrected chi connectivity index (χ3v) is 6.84. The second-order valence-electron chi connectivity index (χ2n) is 7.53. The van der Waals surface area contributed by atoms with E-state index in [0.717, 1.165) is 37.6 Å². The van der Waals surface area contributed by atoms with Gasteiger partial charge in [-0.3, -0.25) is 9.59 Å². The molecule has 0 unspecified atom stereocenters. The van der Waals surface area contributed by atoms with Crippen LogP contribution in [0.3, 0.4) is 0 Å². The number of amides is 2. The lowest BCUT2D eigenvalue weighted by Gasteiger charge is -2.35. The Bertz CT molecular complexity index is 785. The van der Waals surface area contributed by atoms with Crippen molar-refractivity contribution in [2.24, 2.45) is 0 Å². The lowest BCUT2D eigenvalue weighted by molar-refractivity contribution is -0.129. The third kappa shape index (κ3) is 7.32. The van der Waals surface area contributed by atoms with E-state index in [1.54, 1.807) is 20.8 Å². The molecule has 0 aliphatic carbocycles. The number of rotatable bonds is 9. The van der Waals surface area contributed by atoms with Crippen molar-refractivity contribution in [1.82, 2.24) is 9.62 Å². The normalized spacial score (nSPS) is 14.9. The molecule has 1 aliphatic rings. The molecule has 1 fully saturated rings. The number of sulfonamides is 1. The molecule has 0 radical (unpaired) electrons. The Hall–Kier alpha value is -2.13. The topological polar surface area (TPSA) is 98.8 Å². The SMILES string of the molecule is CC(=O)N1CCN(c2ccc(NC(=O)CCCCNS(=O)(=O)C(C)C)cc2)CC1. The van der Waals surface area contributed by atoms with Crippen LogP contribution in [0.2, 0.25) is 0 Å². The number of nitrogens with zero attached hydrogens (tertiary/aromatic N) is 2. The van der Waals surface area contributed by atoms with Crippen LogP contribution in [0.1, 0.15) is 40.0 Å². The molecule has 9 heteroatoms. The number of carbonyl (C=O) groups excluding carboxylic acids is 2. The molecule has 8 nitrogen and oxygen atoms in total. The van der Waals surface area contributed by atoms with Crippen LogP contribution in [0.4, 0.5) is 11.4 Å². The van der Waals surface area contributed by atoms with Gasteiger partial charge in [0.05, 0.1) is 5.25 Å². The van der Waals surface area contributed by atoms with E-state index in [1.807, 2.05) is 29.2 Å². The Morgan fingerprint density at radius 2 is 1.66 bits per heavy atom. The summed E-state index contributed by atoms with van der Waals surface area (Å²) in [6, 6.07) is 7.70. The maximum Gasteiger partial charge on any atom is 0.224 e. The zero-order valence-electron chi connectivity index (χ0n) is 17.5. The van der Waals surface area contributed by atoms with E-state index in [9.17, 15) is 18.0 Å². The highest BCUT2D eigenvalue weighted by molar-refractivity contribution is 7.90. The van der Waals surface area contributed by atoms with Crippen molar-refractivity contribution in [2.75, 3.05) is 42.9 Å². The molecule has 2 rings (SSSR count). The number of unbranched alkanes of at least 4 members (excludes halogenated alkanes) is 1. The minimum absolute atomic E-state index is 0.0838. The van der Waals surface area contributed by atoms with Crippen LogP contribution < -0.4 is 14.9 Å². The Kier molecular flexibility index (Phi) is 8.45. The first kappa shape index (κ1) is 23.2. The number of nitrogens with one attached hydrogen (secondary N) is 2. The number of hydrogen-bond donors (Lipinski definition) is 2. The van der Waals surface area contributed by atoms with Crippen molar-refractivity contribution in [2.45, 2.75) is 45.3 Å². The summed E-state index contributed by atoms with van der Waals surface area (Å²) in [5.74, 6) is 0.0274. The summed E-state index contributed by atoms with van der Waals surface area (Å²) in [6.45, 7) is 8.25. The molecule has 1 aliphatic heterocycles.